The smallest absolute Gasteiger partial charge is 0.261 e. The standard InChI is InChI=1S/C20H24N4OS/c1-13-15(10-23(3)22-13)12-24-9-8-14(11-24)18-16-6-4-5-7-17(16)26-19(18)20(25)21-2/h4-7,10,14H,8-9,11-12H2,1-3H3,(H,21,25)/t14-/m1/s1. The van der Waals surface area contributed by atoms with Crippen LogP contribution in [0.1, 0.15) is 38.8 Å². The number of nitrogens with zero attached hydrogens (tertiary/aromatic N) is 3. The lowest BCUT2D eigenvalue weighted by atomic mass is 9.95. The Balaban J connectivity index is 1.62. The molecule has 4 rings (SSSR count). The van der Waals surface area contributed by atoms with E-state index in [9.17, 15) is 4.79 Å². The molecule has 1 aliphatic rings. The summed E-state index contributed by atoms with van der Waals surface area (Å²) in [5.74, 6) is 0.429. The highest BCUT2D eigenvalue weighted by Crippen LogP contribution is 2.40. The fourth-order valence-electron chi connectivity index (χ4n) is 4.01. The van der Waals surface area contributed by atoms with Crippen LogP contribution in [0.25, 0.3) is 10.1 Å². The lowest BCUT2D eigenvalue weighted by Gasteiger charge is -2.16. The molecule has 1 amide bonds. The maximum absolute atomic E-state index is 12.5. The fourth-order valence-corrected chi connectivity index (χ4v) is 5.25. The predicted octanol–water partition coefficient (Wildman–Crippen LogP) is 3.29. The first-order chi connectivity index (χ1) is 12.6. The van der Waals surface area contributed by atoms with Gasteiger partial charge in [-0.2, -0.15) is 5.10 Å². The summed E-state index contributed by atoms with van der Waals surface area (Å²) in [6, 6.07) is 8.38. The van der Waals surface area contributed by atoms with Crippen LogP contribution in [0.4, 0.5) is 0 Å². The largest absolute Gasteiger partial charge is 0.354 e. The summed E-state index contributed by atoms with van der Waals surface area (Å²) in [6.45, 7) is 5.03. The van der Waals surface area contributed by atoms with Crippen molar-refractivity contribution in [3.05, 3.63) is 52.2 Å². The molecular formula is C20H24N4OS. The van der Waals surface area contributed by atoms with Gasteiger partial charge < -0.3 is 5.32 Å². The van der Waals surface area contributed by atoms with Crippen LogP contribution in [0.15, 0.2) is 30.5 Å². The predicted molar refractivity (Wildman–Crippen MR) is 106 cm³/mol. The average molecular weight is 369 g/mol. The fraction of sp³-hybridized carbons (Fsp3) is 0.400. The van der Waals surface area contributed by atoms with Gasteiger partial charge in [-0.15, -0.1) is 11.3 Å². The first-order valence-corrected chi connectivity index (χ1v) is 9.83. The number of fused-ring (bicyclic) bond motifs is 1. The molecule has 3 heterocycles. The van der Waals surface area contributed by atoms with Crippen molar-refractivity contribution in [1.29, 1.82) is 0 Å². The summed E-state index contributed by atoms with van der Waals surface area (Å²) in [6.07, 6.45) is 3.20. The number of hydrogen-bond acceptors (Lipinski definition) is 4. The average Bonchev–Trinajstić information content (AvgIpc) is 3.31. The molecule has 1 aromatic carbocycles. The van der Waals surface area contributed by atoms with Crippen molar-refractivity contribution < 1.29 is 4.79 Å². The van der Waals surface area contributed by atoms with Crippen LogP contribution in [0.5, 0.6) is 0 Å². The van der Waals surface area contributed by atoms with Gasteiger partial charge in [0, 0.05) is 49.6 Å². The quantitative estimate of drug-likeness (QED) is 0.769. The van der Waals surface area contributed by atoms with E-state index in [1.807, 2.05) is 17.8 Å². The molecule has 1 fully saturated rings. The molecule has 136 valence electrons. The van der Waals surface area contributed by atoms with Gasteiger partial charge >= 0.3 is 0 Å². The van der Waals surface area contributed by atoms with Gasteiger partial charge in [0.05, 0.1) is 10.6 Å². The Morgan fingerprint density at radius 2 is 2.19 bits per heavy atom. The van der Waals surface area contributed by atoms with Gasteiger partial charge in [-0.25, -0.2) is 0 Å². The maximum Gasteiger partial charge on any atom is 0.261 e. The van der Waals surface area contributed by atoms with E-state index in [0.29, 0.717) is 5.92 Å². The van der Waals surface area contributed by atoms with Gasteiger partial charge in [-0.3, -0.25) is 14.4 Å². The number of aromatic nitrogens is 2. The van der Waals surface area contributed by atoms with E-state index in [1.165, 1.54) is 21.2 Å². The molecule has 1 atom stereocenters. The summed E-state index contributed by atoms with van der Waals surface area (Å²) >= 11 is 1.61. The molecule has 0 spiro atoms. The summed E-state index contributed by atoms with van der Waals surface area (Å²) in [5.41, 5.74) is 3.62. The number of amides is 1. The molecule has 0 saturated carbocycles. The van der Waals surface area contributed by atoms with Crippen molar-refractivity contribution in [1.82, 2.24) is 20.0 Å². The van der Waals surface area contributed by atoms with Crippen molar-refractivity contribution >= 4 is 27.3 Å². The van der Waals surface area contributed by atoms with E-state index in [4.69, 9.17) is 0 Å². The summed E-state index contributed by atoms with van der Waals surface area (Å²) in [5, 5.41) is 8.50. The Hall–Kier alpha value is -2.18. The second kappa shape index (κ2) is 6.85. The van der Waals surface area contributed by atoms with Crippen molar-refractivity contribution in [3.63, 3.8) is 0 Å². The number of hydrogen-bond donors (Lipinski definition) is 1. The Morgan fingerprint density at radius 1 is 1.38 bits per heavy atom. The highest BCUT2D eigenvalue weighted by atomic mass is 32.1. The number of carbonyl (C=O) groups excluding carboxylic acids is 1. The van der Waals surface area contributed by atoms with E-state index >= 15 is 0 Å². The molecule has 6 heteroatoms. The van der Waals surface area contributed by atoms with E-state index in [2.05, 4.69) is 46.6 Å². The third kappa shape index (κ3) is 3.04. The maximum atomic E-state index is 12.5. The molecule has 2 aromatic heterocycles. The molecule has 26 heavy (non-hydrogen) atoms. The zero-order valence-electron chi connectivity index (χ0n) is 15.5. The molecule has 0 radical (unpaired) electrons. The normalized spacial score (nSPS) is 17.9. The van der Waals surface area contributed by atoms with Crippen molar-refractivity contribution in [2.75, 3.05) is 20.1 Å². The molecule has 1 aliphatic heterocycles. The topological polar surface area (TPSA) is 50.2 Å². The minimum atomic E-state index is 0.0303. The minimum Gasteiger partial charge on any atom is -0.354 e. The van der Waals surface area contributed by atoms with Crippen LogP contribution in [-0.2, 0) is 13.6 Å². The van der Waals surface area contributed by atoms with Gasteiger partial charge in [0.1, 0.15) is 0 Å². The highest BCUT2D eigenvalue weighted by molar-refractivity contribution is 7.21. The highest BCUT2D eigenvalue weighted by Gasteiger charge is 2.30. The Kier molecular flexibility index (Phi) is 4.54. The minimum absolute atomic E-state index is 0.0303. The Morgan fingerprint density at radius 3 is 2.92 bits per heavy atom. The lowest BCUT2D eigenvalue weighted by molar-refractivity contribution is 0.0966. The number of rotatable bonds is 4. The number of nitrogens with one attached hydrogen (secondary N) is 1. The molecule has 1 N–H and O–H groups in total. The first kappa shape index (κ1) is 17.2. The molecule has 3 aromatic rings. The molecule has 0 unspecified atom stereocenters. The lowest BCUT2D eigenvalue weighted by Crippen LogP contribution is -2.21. The third-order valence-electron chi connectivity index (χ3n) is 5.26. The summed E-state index contributed by atoms with van der Waals surface area (Å²) in [4.78, 5) is 15.8. The second-order valence-electron chi connectivity index (χ2n) is 7.05. The first-order valence-electron chi connectivity index (χ1n) is 9.01. The number of thiophene rings is 1. The number of likely N-dealkylation sites (tertiary alicyclic amines) is 1. The van der Waals surface area contributed by atoms with Gasteiger partial charge in [0.2, 0.25) is 0 Å². The van der Waals surface area contributed by atoms with Crippen LogP contribution < -0.4 is 5.32 Å². The SMILES string of the molecule is CNC(=O)c1sc2ccccc2c1[C@@H]1CCN(Cc2cn(C)nc2C)C1. The van der Waals surface area contributed by atoms with Crippen LogP contribution in [0, 0.1) is 6.92 Å². The number of aryl methyl sites for hydroxylation is 2. The van der Waals surface area contributed by atoms with E-state index in [0.717, 1.165) is 36.6 Å². The van der Waals surface area contributed by atoms with Gasteiger partial charge in [-0.1, -0.05) is 18.2 Å². The number of carbonyl (C=O) groups is 1. The van der Waals surface area contributed by atoms with Crippen LogP contribution >= 0.6 is 11.3 Å². The Labute approximate surface area is 157 Å². The van der Waals surface area contributed by atoms with E-state index in [-0.39, 0.29) is 5.91 Å². The second-order valence-corrected chi connectivity index (χ2v) is 8.11. The third-order valence-corrected chi connectivity index (χ3v) is 6.44. The Bertz CT molecular complexity index is 958. The number of benzene rings is 1. The zero-order valence-corrected chi connectivity index (χ0v) is 16.3. The van der Waals surface area contributed by atoms with Gasteiger partial charge in [0.25, 0.3) is 5.91 Å². The van der Waals surface area contributed by atoms with E-state index in [1.54, 1.807) is 18.4 Å². The summed E-state index contributed by atoms with van der Waals surface area (Å²) in [7, 11) is 3.68. The molecular weight excluding hydrogens is 344 g/mol. The van der Waals surface area contributed by atoms with E-state index < -0.39 is 0 Å². The van der Waals surface area contributed by atoms with Gasteiger partial charge in [-0.05, 0) is 36.9 Å². The summed E-state index contributed by atoms with van der Waals surface area (Å²) < 4.78 is 3.08. The van der Waals surface area contributed by atoms with Crippen LogP contribution in [-0.4, -0.2) is 40.7 Å². The van der Waals surface area contributed by atoms with Gasteiger partial charge in [0.15, 0.2) is 0 Å². The molecule has 0 bridgehead atoms. The van der Waals surface area contributed by atoms with Crippen LogP contribution in [0.2, 0.25) is 0 Å². The van der Waals surface area contributed by atoms with Crippen LogP contribution in [0.3, 0.4) is 0 Å². The molecule has 0 aliphatic carbocycles. The van der Waals surface area contributed by atoms with Crippen molar-refractivity contribution in [2.45, 2.75) is 25.8 Å². The molecule has 1 saturated heterocycles. The van der Waals surface area contributed by atoms with Crippen molar-refractivity contribution in [2.24, 2.45) is 7.05 Å². The monoisotopic (exact) mass is 368 g/mol. The zero-order chi connectivity index (χ0) is 18.3. The molecule has 5 nitrogen and oxygen atoms in total. The van der Waals surface area contributed by atoms with Crippen molar-refractivity contribution in [3.8, 4) is 0 Å².